The van der Waals surface area contributed by atoms with Gasteiger partial charge in [0, 0.05) is 50.2 Å². The molecule has 1 saturated carbocycles. The third kappa shape index (κ3) is 2.41. The van der Waals surface area contributed by atoms with E-state index in [1.54, 1.807) is 24.8 Å². The molecule has 1 saturated heterocycles. The predicted octanol–water partition coefficient (Wildman–Crippen LogP) is 1.08. The molecule has 0 bridgehead atoms. The molecule has 8 heteroatoms. The maximum Gasteiger partial charge on any atom is 0.245 e. The number of phenolic OH excluding ortho intramolecular Hbond substituents is 1. The quantitative estimate of drug-likeness (QED) is 0.728. The average Bonchev–Trinajstić information content (AvgIpc) is 3.07. The molecule has 2 fully saturated rings. The summed E-state index contributed by atoms with van der Waals surface area (Å²) >= 11 is 0. The third-order valence-electron chi connectivity index (χ3n) is 5.42. The summed E-state index contributed by atoms with van der Waals surface area (Å²) in [6, 6.07) is 5.90. The Morgan fingerprint density at radius 3 is 2.73 bits per heavy atom. The Morgan fingerprint density at radius 2 is 2.08 bits per heavy atom. The van der Waals surface area contributed by atoms with Crippen molar-refractivity contribution in [2.75, 3.05) is 25.0 Å². The first-order valence-electron chi connectivity index (χ1n) is 8.67. The molecule has 2 N–H and O–H groups in total. The lowest BCUT2D eigenvalue weighted by molar-refractivity contribution is 0.476. The highest BCUT2D eigenvalue weighted by Crippen LogP contribution is 2.45. The molecule has 0 radical (unpaired) electrons. The molecule has 1 aliphatic carbocycles. The minimum Gasteiger partial charge on any atom is -0.507 e. The van der Waals surface area contributed by atoms with Gasteiger partial charge in [-0.3, -0.25) is 0 Å². The monoisotopic (exact) mass is 349 g/mol. The van der Waals surface area contributed by atoms with Crippen LogP contribution in [0, 0.1) is 11.8 Å². The highest BCUT2D eigenvalue weighted by atomic mass is 16.3. The van der Waals surface area contributed by atoms with Crippen molar-refractivity contribution in [3.8, 4) is 22.7 Å². The molecule has 8 nitrogen and oxygen atoms in total. The summed E-state index contributed by atoms with van der Waals surface area (Å²) in [4.78, 5) is 10.6. The Bertz CT molecular complexity index is 915. The minimum absolute atomic E-state index is 0.135. The number of fused-ring (bicyclic) bond motifs is 1. The van der Waals surface area contributed by atoms with Crippen LogP contribution in [-0.2, 0) is 0 Å². The van der Waals surface area contributed by atoms with Crippen molar-refractivity contribution in [2.24, 2.45) is 11.8 Å². The van der Waals surface area contributed by atoms with Crippen LogP contribution < -0.4 is 10.2 Å². The molecule has 3 heterocycles. The van der Waals surface area contributed by atoms with Crippen molar-refractivity contribution >= 4 is 5.95 Å². The van der Waals surface area contributed by atoms with E-state index in [1.165, 1.54) is 0 Å². The van der Waals surface area contributed by atoms with Crippen LogP contribution in [0.4, 0.5) is 5.95 Å². The van der Waals surface area contributed by atoms with E-state index in [-0.39, 0.29) is 5.75 Å². The molecule has 3 atom stereocenters. The minimum atomic E-state index is 0.135. The van der Waals surface area contributed by atoms with Crippen molar-refractivity contribution < 1.29 is 5.11 Å². The summed E-state index contributed by atoms with van der Waals surface area (Å²) in [6.07, 6.45) is 6.87. The third-order valence-corrected chi connectivity index (χ3v) is 5.42. The van der Waals surface area contributed by atoms with Gasteiger partial charge >= 0.3 is 0 Å². The average molecular weight is 349 g/mol. The summed E-state index contributed by atoms with van der Waals surface area (Å²) in [5.41, 5.74) is 1.99. The fraction of sp³-hybridized carbons (Fsp3) is 0.333. The fourth-order valence-corrected chi connectivity index (χ4v) is 3.96. The van der Waals surface area contributed by atoms with Crippen molar-refractivity contribution in [1.82, 2.24) is 30.0 Å². The Labute approximate surface area is 150 Å². The molecule has 1 aromatic carbocycles. The summed E-state index contributed by atoms with van der Waals surface area (Å²) in [7, 11) is 2.02. The zero-order valence-corrected chi connectivity index (χ0v) is 14.3. The number of imidazole rings is 1. The molecular weight excluding hydrogens is 330 g/mol. The molecule has 132 valence electrons. The Kier molecular flexibility index (Phi) is 3.39. The van der Waals surface area contributed by atoms with E-state index < -0.39 is 0 Å². The fourth-order valence-electron chi connectivity index (χ4n) is 3.96. The van der Waals surface area contributed by atoms with Crippen LogP contribution in [-0.4, -0.2) is 56.0 Å². The van der Waals surface area contributed by atoms with Crippen LogP contribution in [0.3, 0.4) is 0 Å². The van der Waals surface area contributed by atoms with Crippen molar-refractivity contribution in [2.45, 2.75) is 6.04 Å². The SMILES string of the molecule is CN(c1ncc(-c2ccc(-n3ccnc3)cc2O)nn1)C1[C@H]2CNC[C@@H]12. The van der Waals surface area contributed by atoms with Gasteiger partial charge in [-0.1, -0.05) is 0 Å². The number of anilines is 1. The number of hydrogen-bond donors (Lipinski definition) is 2. The molecule has 2 aromatic heterocycles. The number of nitrogens with zero attached hydrogens (tertiary/aromatic N) is 6. The first-order chi connectivity index (χ1) is 12.7. The van der Waals surface area contributed by atoms with E-state index >= 15 is 0 Å². The highest BCUT2D eigenvalue weighted by molar-refractivity contribution is 5.68. The topological polar surface area (TPSA) is 92.0 Å². The molecular formula is C18H19N7O. The van der Waals surface area contributed by atoms with Gasteiger partial charge in [0.2, 0.25) is 5.95 Å². The normalized spacial score (nSPS) is 23.7. The lowest BCUT2D eigenvalue weighted by Crippen LogP contribution is -2.31. The molecule has 3 aromatic rings. The van der Waals surface area contributed by atoms with Crippen LogP contribution in [0.25, 0.3) is 16.9 Å². The number of benzene rings is 1. The first kappa shape index (κ1) is 15.3. The van der Waals surface area contributed by atoms with E-state index in [9.17, 15) is 5.11 Å². The van der Waals surface area contributed by atoms with Gasteiger partial charge in [-0.15, -0.1) is 10.2 Å². The Balaban J connectivity index is 1.37. The lowest BCUT2D eigenvalue weighted by atomic mass is 10.1. The highest BCUT2D eigenvalue weighted by Gasteiger charge is 2.55. The smallest absolute Gasteiger partial charge is 0.245 e. The van der Waals surface area contributed by atoms with Crippen LogP contribution >= 0.6 is 0 Å². The summed E-state index contributed by atoms with van der Waals surface area (Å²) < 4.78 is 1.83. The summed E-state index contributed by atoms with van der Waals surface area (Å²) in [5, 5.41) is 22.3. The van der Waals surface area contributed by atoms with E-state index in [2.05, 4.69) is 30.4 Å². The second-order valence-corrected chi connectivity index (χ2v) is 6.90. The van der Waals surface area contributed by atoms with Gasteiger partial charge in [-0.2, -0.15) is 0 Å². The van der Waals surface area contributed by atoms with Gasteiger partial charge in [-0.25, -0.2) is 9.97 Å². The van der Waals surface area contributed by atoms with Gasteiger partial charge in [0.25, 0.3) is 0 Å². The number of hydrogen-bond acceptors (Lipinski definition) is 7. The number of nitrogens with one attached hydrogen (secondary N) is 1. The van der Waals surface area contributed by atoms with Crippen molar-refractivity contribution in [1.29, 1.82) is 0 Å². The Morgan fingerprint density at radius 1 is 1.23 bits per heavy atom. The number of phenols is 1. The molecule has 0 spiro atoms. The summed E-state index contributed by atoms with van der Waals surface area (Å²) in [5.74, 6) is 2.16. The summed E-state index contributed by atoms with van der Waals surface area (Å²) in [6.45, 7) is 2.14. The lowest BCUT2D eigenvalue weighted by Gasteiger charge is -2.18. The first-order valence-corrected chi connectivity index (χ1v) is 8.67. The van der Waals surface area contributed by atoms with Gasteiger partial charge < -0.3 is 19.9 Å². The van der Waals surface area contributed by atoms with E-state index in [1.807, 2.05) is 29.9 Å². The molecule has 1 unspecified atom stereocenters. The molecule has 5 rings (SSSR count). The van der Waals surface area contributed by atoms with Gasteiger partial charge in [0.1, 0.15) is 11.4 Å². The number of rotatable bonds is 4. The second-order valence-electron chi connectivity index (χ2n) is 6.90. The van der Waals surface area contributed by atoms with E-state index in [4.69, 9.17) is 0 Å². The largest absolute Gasteiger partial charge is 0.507 e. The standard InChI is InChI=1S/C18H19N7O/c1-24(17-13-7-20-8-14(13)17)18-21-9-15(22-23-18)12-3-2-11(6-16(12)26)25-5-4-19-10-25/h2-6,9-10,13-14,17,20,26H,7-8H2,1H3/t13-,14+,17?. The molecule has 2 aliphatic rings. The number of aromatic hydroxyl groups is 1. The zero-order valence-electron chi connectivity index (χ0n) is 14.3. The number of aromatic nitrogens is 5. The van der Waals surface area contributed by atoms with Gasteiger partial charge in [-0.05, 0) is 24.0 Å². The maximum atomic E-state index is 10.4. The Hall–Kier alpha value is -3.00. The van der Waals surface area contributed by atoms with Gasteiger partial charge in [0.15, 0.2) is 0 Å². The zero-order chi connectivity index (χ0) is 17.7. The maximum absolute atomic E-state index is 10.4. The number of piperidine rings is 1. The van der Waals surface area contributed by atoms with E-state index in [0.717, 1.165) is 18.8 Å². The van der Waals surface area contributed by atoms with Crippen molar-refractivity contribution in [3.63, 3.8) is 0 Å². The molecule has 0 amide bonds. The van der Waals surface area contributed by atoms with Gasteiger partial charge in [0.05, 0.1) is 18.2 Å². The predicted molar refractivity (Wildman–Crippen MR) is 96.1 cm³/mol. The van der Waals surface area contributed by atoms with Crippen LogP contribution in [0.1, 0.15) is 0 Å². The second kappa shape index (κ2) is 5.77. The van der Waals surface area contributed by atoms with E-state index in [0.29, 0.717) is 35.1 Å². The van der Waals surface area contributed by atoms with Crippen LogP contribution in [0.2, 0.25) is 0 Å². The van der Waals surface area contributed by atoms with Crippen LogP contribution in [0.5, 0.6) is 5.75 Å². The van der Waals surface area contributed by atoms with Crippen molar-refractivity contribution in [3.05, 3.63) is 43.1 Å². The van der Waals surface area contributed by atoms with Crippen LogP contribution in [0.15, 0.2) is 43.1 Å². The molecule has 1 aliphatic heterocycles. The molecule has 26 heavy (non-hydrogen) atoms.